The van der Waals surface area contributed by atoms with Crippen molar-refractivity contribution in [3.8, 4) is 0 Å². The number of rotatable bonds is 5. The van der Waals surface area contributed by atoms with E-state index in [2.05, 4.69) is 40.0 Å². The summed E-state index contributed by atoms with van der Waals surface area (Å²) in [7, 11) is 0. The number of aryl methyl sites for hydroxylation is 2. The number of hydrogen-bond donors (Lipinski definition) is 1. The van der Waals surface area contributed by atoms with Crippen molar-refractivity contribution >= 4 is 17.4 Å². The second kappa shape index (κ2) is 8.69. The van der Waals surface area contributed by atoms with E-state index >= 15 is 0 Å². The predicted molar refractivity (Wildman–Crippen MR) is 114 cm³/mol. The van der Waals surface area contributed by atoms with E-state index in [0.717, 1.165) is 54.8 Å². The molecule has 0 unspecified atom stereocenters. The van der Waals surface area contributed by atoms with E-state index in [9.17, 15) is 4.79 Å². The van der Waals surface area contributed by atoms with Gasteiger partial charge in [0.25, 0.3) is 0 Å². The summed E-state index contributed by atoms with van der Waals surface area (Å²) in [6.45, 7) is 13.6. The zero-order valence-corrected chi connectivity index (χ0v) is 17.6. The van der Waals surface area contributed by atoms with E-state index in [0.29, 0.717) is 5.92 Å². The molecule has 1 atom stereocenters. The highest BCUT2D eigenvalue weighted by Gasteiger charge is 2.26. The van der Waals surface area contributed by atoms with Gasteiger partial charge in [0, 0.05) is 49.5 Å². The predicted octanol–water partition coefficient (Wildman–Crippen LogP) is 3.37. The topological polar surface area (TPSA) is 61.4 Å². The number of hydrogen-bond acceptors (Lipinski definition) is 5. The van der Waals surface area contributed by atoms with E-state index in [-0.39, 0.29) is 11.9 Å². The molecule has 1 aliphatic heterocycles. The Balaban J connectivity index is 1.60. The number of nitrogens with one attached hydrogen (secondary N) is 1. The molecule has 6 nitrogen and oxygen atoms in total. The standard InChI is InChI=1S/C22H31N5O/c1-15(2)21-23-17(4)14-20(25-21)27-12-10-26(11-13-27)18(5)22(28)24-19-9-7-6-8-16(19)3/h6-9,14-15,18H,10-13H2,1-5H3,(H,24,28)/t18-/m1/s1. The zero-order chi connectivity index (χ0) is 20.3. The van der Waals surface area contributed by atoms with Gasteiger partial charge in [0.1, 0.15) is 11.6 Å². The summed E-state index contributed by atoms with van der Waals surface area (Å²) >= 11 is 0. The minimum absolute atomic E-state index is 0.0442. The van der Waals surface area contributed by atoms with E-state index in [1.165, 1.54) is 0 Å². The largest absolute Gasteiger partial charge is 0.354 e. The van der Waals surface area contributed by atoms with Crippen LogP contribution in [-0.2, 0) is 4.79 Å². The lowest BCUT2D eigenvalue weighted by molar-refractivity contribution is -0.120. The molecule has 1 aromatic carbocycles. The van der Waals surface area contributed by atoms with Crippen LogP contribution >= 0.6 is 0 Å². The van der Waals surface area contributed by atoms with Gasteiger partial charge in [-0.2, -0.15) is 0 Å². The van der Waals surface area contributed by atoms with Crippen LogP contribution in [0.5, 0.6) is 0 Å². The number of benzene rings is 1. The molecule has 0 spiro atoms. The van der Waals surface area contributed by atoms with Crippen molar-refractivity contribution in [2.45, 2.75) is 46.6 Å². The Bertz CT molecular complexity index is 827. The lowest BCUT2D eigenvalue weighted by atomic mass is 10.1. The van der Waals surface area contributed by atoms with Crippen molar-refractivity contribution in [1.29, 1.82) is 0 Å². The molecule has 150 valence electrons. The van der Waals surface area contributed by atoms with Gasteiger partial charge in [-0.05, 0) is 32.4 Å². The normalized spacial score (nSPS) is 16.3. The van der Waals surface area contributed by atoms with Crippen LogP contribution in [-0.4, -0.2) is 53.0 Å². The summed E-state index contributed by atoms with van der Waals surface area (Å²) in [4.78, 5) is 26.5. The third-order valence-corrected chi connectivity index (χ3v) is 5.34. The molecular weight excluding hydrogens is 350 g/mol. The fraction of sp³-hybridized carbons (Fsp3) is 0.500. The summed E-state index contributed by atoms with van der Waals surface area (Å²) in [5.41, 5.74) is 2.96. The second-order valence-corrected chi connectivity index (χ2v) is 7.88. The third kappa shape index (κ3) is 4.68. The maximum absolute atomic E-state index is 12.7. The summed E-state index contributed by atoms with van der Waals surface area (Å²) in [5, 5.41) is 3.06. The monoisotopic (exact) mass is 381 g/mol. The van der Waals surface area contributed by atoms with Crippen LogP contribution in [0.4, 0.5) is 11.5 Å². The van der Waals surface area contributed by atoms with Crippen LogP contribution in [0.15, 0.2) is 30.3 Å². The molecule has 1 fully saturated rings. The smallest absolute Gasteiger partial charge is 0.241 e. The Hall–Kier alpha value is -2.47. The van der Waals surface area contributed by atoms with Crippen molar-refractivity contribution in [2.75, 3.05) is 36.4 Å². The number of anilines is 2. The number of nitrogens with zero attached hydrogens (tertiary/aromatic N) is 4. The molecule has 2 aromatic rings. The summed E-state index contributed by atoms with van der Waals surface area (Å²) < 4.78 is 0. The Morgan fingerprint density at radius 2 is 1.71 bits per heavy atom. The fourth-order valence-electron chi connectivity index (χ4n) is 3.45. The van der Waals surface area contributed by atoms with Crippen molar-refractivity contribution in [3.63, 3.8) is 0 Å². The quantitative estimate of drug-likeness (QED) is 0.860. The Kier molecular flexibility index (Phi) is 6.29. The van der Waals surface area contributed by atoms with E-state index in [4.69, 9.17) is 4.98 Å². The van der Waals surface area contributed by atoms with Crippen molar-refractivity contribution in [3.05, 3.63) is 47.4 Å². The molecule has 1 amide bonds. The van der Waals surface area contributed by atoms with Crippen LogP contribution in [0.2, 0.25) is 0 Å². The number of piperazine rings is 1. The molecule has 0 aliphatic carbocycles. The van der Waals surface area contributed by atoms with Gasteiger partial charge >= 0.3 is 0 Å². The van der Waals surface area contributed by atoms with Gasteiger partial charge < -0.3 is 10.2 Å². The molecule has 1 aromatic heterocycles. The highest BCUT2D eigenvalue weighted by atomic mass is 16.2. The van der Waals surface area contributed by atoms with Crippen molar-refractivity contribution in [1.82, 2.24) is 14.9 Å². The molecule has 0 saturated carbocycles. The molecule has 6 heteroatoms. The molecule has 0 radical (unpaired) electrons. The van der Waals surface area contributed by atoms with Gasteiger partial charge in [0.05, 0.1) is 6.04 Å². The third-order valence-electron chi connectivity index (χ3n) is 5.34. The van der Waals surface area contributed by atoms with Crippen LogP contribution in [0.25, 0.3) is 0 Å². The molecule has 2 heterocycles. The molecule has 1 N–H and O–H groups in total. The van der Waals surface area contributed by atoms with Crippen LogP contribution in [0.1, 0.15) is 43.8 Å². The first-order valence-electron chi connectivity index (χ1n) is 10.1. The number of carbonyl (C=O) groups is 1. The van der Waals surface area contributed by atoms with Gasteiger partial charge in [-0.3, -0.25) is 9.69 Å². The minimum Gasteiger partial charge on any atom is -0.354 e. The number of amides is 1. The van der Waals surface area contributed by atoms with Crippen LogP contribution in [0, 0.1) is 13.8 Å². The van der Waals surface area contributed by atoms with Gasteiger partial charge in [0.15, 0.2) is 0 Å². The van der Waals surface area contributed by atoms with Crippen molar-refractivity contribution < 1.29 is 4.79 Å². The summed E-state index contributed by atoms with van der Waals surface area (Å²) in [5.74, 6) is 2.24. The van der Waals surface area contributed by atoms with E-state index in [1.54, 1.807) is 0 Å². The number of carbonyl (C=O) groups excluding carboxylic acids is 1. The summed E-state index contributed by atoms with van der Waals surface area (Å²) in [6.07, 6.45) is 0. The number of aromatic nitrogens is 2. The van der Waals surface area contributed by atoms with E-state index in [1.807, 2.05) is 45.0 Å². The summed E-state index contributed by atoms with van der Waals surface area (Å²) in [6, 6.07) is 9.76. The van der Waals surface area contributed by atoms with Gasteiger partial charge in [-0.15, -0.1) is 0 Å². The van der Waals surface area contributed by atoms with Crippen LogP contribution in [0.3, 0.4) is 0 Å². The Labute approximate surface area is 168 Å². The second-order valence-electron chi connectivity index (χ2n) is 7.88. The Morgan fingerprint density at radius 3 is 2.36 bits per heavy atom. The maximum Gasteiger partial charge on any atom is 0.241 e. The van der Waals surface area contributed by atoms with Gasteiger partial charge in [0.2, 0.25) is 5.91 Å². The molecule has 0 bridgehead atoms. The first-order valence-corrected chi connectivity index (χ1v) is 10.1. The zero-order valence-electron chi connectivity index (χ0n) is 17.6. The fourth-order valence-corrected chi connectivity index (χ4v) is 3.45. The average Bonchev–Trinajstić information content (AvgIpc) is 2.68. The molecule has 1 saturated heterocycles. The lowest BCUT2D eigenvalue weighted by Crippen LogP contribution is -2.53. The first-order chi connectivity index (χ1) is 13.3. The SMILES string of the molecule is Cc1cc(N2CCN([C@H](C)C(=O)Nc3ccccc3C)CC2)nc(C(C)C)n1. The molecule has 28 heavy (non-hydrogen) atoms. The minimum atomic E-state index is -0.167. The van der Waals surface area contributed by atoms with Crippen molar-refractivity contribution in [2.24, 2.45) is 0 Å². The highest BCUT2D eigenvalue weighted by Crippen LogP contribution is 2.20. The lowest BCUT2D eigenvalue weighted by Gasteiger charge is -2.38. The molecule has 3 rings (SSSR count). The highest BCUT2D eigenvalue weighted by molar-refractivity contribution is 5.95. The average molecular weight is 382 g/mol. The molecule has 1 aliphatic rings. The maximum atomic E-state index is 12.7. The Morgan fingerprint density at radius 1 is 1.04 bits per heavy atom. The van der Waals surface area contributed by atoms with Gasteiger partial charge in [-0.1, -0.05) is 32.0 Å². The van der Waals surface area contributed by atoms with E-state index < -0.39 is 0 Å². The molecular formula is C22H31N5O. The van der Waals surface area contributed by atoms with Gasteiger partial charge in [-0.25, -0.2) is 9.97 Å². The van der Waals surface area contributed by atoms with Crippen LogP contribution < -0.4 is 10.2 Å². The number of para-hydroxylation sites is 1. The first kappa shape index (κ1) is 20.3.